The zero-order valence-electron chi connectivity index (χ0n) is 15.7. The van der Waals surface area contributed by atoms with Gasteiger partial charge in [-0.3, -0.25) is 0 Å². The summed E-state index contributed by atoms with van der Waals surface area (Å²) in [6, 6.07) is 16.8. The lowest BCUT2D eigenvalue weighted by Crippen LogP contribution is -2.08. The van der Waals surface area contributed by atoms with Crippen LogP contribution in [0.2, 0.25) is 0 Å². The molecule has 1 aromatic heterocycles. The molecule has 0 spiro atoms. The minimum atomic E-state index is -0.495. The number of aliphatic imine (C=N–C) groups is 1. The number of carbonyl (C=O) groups excluding carboxylic acids is 1. The molecule has 5 nitrogen and oxygen atoms in total. The summed E-state index contributed by atoms with van der Waals surface area (Å²) in [5.41, 5.74) is 2.38. The molecule has 3 aromatic rings. The Morgan fingerprint density at radius 2 is 1.90 bits per heavy atom. The van der Waals surface area contributed by atoms with Gasteiger partial charge < -0.3 is 14.2 Å². The molecule has 2 aliphatic rings. The van der Waals surface area contributed by atoms with Gasteiger partial charge in [0.05, 0.1) is 12.0 Å². The van der Waals surface area contributed by atoms with Gasteiger partial charge in [-0.25, -0.2) is 9.79 Å². The second-order valence-electron chi connectivity index (χ2n) is 6.53. The number of cyclic esters (lactones) is 1. The summed E-state index contributed by atoms with van der Waals surface area (Å²) in [6.45, 7) is 0. The number of hydrogen-bond donors (Lipinski definition) is 0. The summed E-state index contributed by atoms with van der Waals surface area (Å²) >= 11 is 5.06. The lowest BCUT2D eigenvalue weighted by atomic mass is 9.99. The molecule has 2 aromatic carbocycles. The van der Waals surface area contributed by atoms with Gasteiger partial charge in [0, 0.05) is 21.2 Å². The van der Waals surface area contributed by atoms with E-state index in [-0.39, 0.29) is 11.6 Å². The van der Waals surface area contributed by atoms with Crippen LogP contribution in [0, 0.1) is 0 Å². The van der Waals surface area contributed by atoms with E-state index >= 15 is 0 Å². The smallest absolute Gasteiger partial charge is 0.364 e. The van der Waals surface area contributed by atoms with Crippen molar-refractivity contribution in [3.8, 4) is 11.5 Å². The monoisotopic (exact) mass is 479 g/mol. The van der Waals surface area contributed by atoms with E-state index < -0.39 is 5.97 Å². The normalized spacial score (nSPS) is 17.6. The summed E-state index contributed by atoms with van der Waals surface area (Å²) in [5, 5.41) is 1.98. The van der Waals surface area contributed by atoms with E-state index in [4.69, 9.17) is 14.2 Å². The van der Waals surface area contributed by atoms with E-state index in [1.165, 1.54) is 0 Å². The SMILES string of the molecule is COc1ccc(C2=N/C(=C3/C=C(c4cccs4)Oc4ccc(Br)cc43)C(=O)O2)cc1. The molecule has 7 heteroatoms. The van der Waals surface area contributed by atoms with Crippen LogP contribution in [0.5, 0.6) is 11.5 Å². The van der Waals surface area contributed by atoms with Gasteiger partial charge in [0.1, 0.15) is 17.3 Å². The molecule has 0 saturated heterocycles. The van der Waals surface area contributed by atoms with Crippen molar-refractivity contribution in [3.05, 3.63) is 92.2 Å². The molecule has 3 heterocycles. The molecule has 2 aliphatic heterocycles. The molecular formula is C23H14BrNO4S. The second kappa shape index (κ2) is 7.59. The first-order valence-corrected chi connectivity index (χ1v) is 10.7. The number of fused-ring (bicyclic) bond motifs is 1. The van der Waals surface area contributed by atoms with Crippen LogP contribution in [0.3, 0.4) is 0 Å². The Bertz CT molecular complexity index is 1240. The van der Waals surface area contributed by atoms with Crippen molar-refractivity contribution < 1.29 is 19.0 Å². The van der Waals surface area contributed by atoms with Gasteiger partial charge >= 0.3 is 5.97 Å². The van der Waals surface area contributed by atoms with Crippen LogP contribution in [0.25, 0.3) is 11.3 Å². The van der Waals surface area contributed by atoms with E-state index in [2.05, 4.69) is 20.9 Å². The number of ether oxygens (including phenoxy) is 3. The third kappa shape index (κ3) is 3.36. The van der Waals surface area contributed by atoms with Gasteiger partial charge in [-0.15, -0.1) is 11.3 Å². The Hall–Kier alpha value is -3.16. The maximum Gasteiger partial charge on any atom is 0.364 e. The van der Waals surface area contributed by atoms with Gasteiger partial charge in [0.15, 0.2) is 5.70 Å². The summed E-state index contributed by atoms with van der Waals surface area (Å²) in [5.74, 6) is 1.81. The highest BCUT2D eigenvalue weighted by Crippen LogP contribution is 2.42. The molecular weight excluding hydrogens is 466 g/mol. The summed E-state index contributed by atoms with van der Waals surface area (Å²) in [6.07, 6.45) is 1.84. The fraction of sp³-hybridized carbons (Fsp3) is 0.0435. The van der Waals surface area contributed by atoms with Crippen LogP contribution in [-0.2, 0) is 9.53 Å². The van der Waals surface area contributed by atoms with Gasteiger partial charge in [0.25, 0.3) is 0 Å². The van der Waals surface area contributed by atoms with E-state index in [0.29, 0.717) is 28.4 Å². The minimum absolute atomic E-state index is 0.248. The number of allylic oxidation sites excluding steroid dienone is 2. The Morgan fingerprint density at radius 1 is 1.07 bits per heavy atom. The quantitative estimate of drug-likeness (QED) is 0.358. The van der Waals surface area contributed by atoms with Crippen molar-refractivity contribution in [1.29, 1.82) is 0 Å². The molecule has 30 heavy (non-hydrogen) atoms. The minimum Gasteiger partial charge on any atom is -0.497 e. The topological polar surface area (TPSA) is 57.1 Å². The van der Waals surface area contributed by atoms with Crippen molar-refractivity contribution in [3.63, 3.8) is 0 Å². The van der Waals surface area contributed by atoms with Crippen LogP contribution in [-0.4, -0.2) is 19.0 Å². The summed E-state index contributed by atoms with van der Waals surface area (Å²) in [7, 11) is 1.60. The number of halogens is 1. The Kier molecular flexibility index (Phi) is 4.77. The predicted octanol–water partition coefficient (Wildman–Crippen LogP) is 5.67. The van der Waals surface area contributed by atoms with Crippen molar-refractivity contribution in [2.75, 3.05) is 7.11 Å². The zero-order chi connectivity index (χ0) is 20.7. The number of hydrogen-bond acceptors (Lipinski definition) is 6. The highest BCUT2D eigenvalue weighted by Gasteiger charge is 2.31. The van der Waals surface area contributed by atoms with E-state index in [1.54, 1.807) is 42.7 Å². The lowest BCUT2D eigenvalue weighted by molar-refractivity contribution is -0.129. The van der Waals surface area contributed by atoms with Crippen molar-refractivity contribution in [1.82, 2.24) is 0 Å². The number of nitrogens with zero attached hydrogens (tertiary/aromatic N) is 1. The number of esters is 1. The fourth-order valence-electron chi connectivity index (χ4n) is 3.23. The van der Waals surface area contributed by atoms with Crippen LogP contribution in [0.15, 0.2) is 81.2 Å². The van der Waals surface area contributed by atoms with Crippen LogP contribution < -0.4 is 9.47 Å². The largest absolute Gasteiger partial charge is 0.497 e. The first kappa shape index (κ1) is 18.8. The molecule has 148 valence electrons. The molecule has 5 rings (SSSR count). The highest BCUT2D eigenvalue weighted by molar-refractivity contribution is 9.10. The number of rotatable bonds is 3. The standard InChI is InChI=1S/C23H14BrNO4S/c1-27-15-7-4-13(5-8-15)22-25-21(23(26)29-22)17-12-19(20-3-2-10-30-20)28-18-9-6-14(24)11-16(17)18/h2-12H,1H3/b21-17-. The number of thiophene rings is 1. The Morgan fingerprint density at radius 3 is 2.63 bits per heavy atom. The molecule has 0 saturated carbocycles. The predicted molar refractivity (Wildman–Crippen MR) is 120 cm³/mol. The van der Waals surface area contributed by atoms with Crippen molar-refractivity contribution >= 4 is 50.5 Å². The maximum absolute atomic E-state index is 12.8. The molecule has 0 radical (unpaired) electrons. The number of methoxy groups -OCH3 is 1. The van der Waals surface area contributed by atoms with E-state index in [0.717, 1.165) is 14.9 Å². The van der Waals surface area contributed by atoms with Crippen LogP contribution in [0.4, 0.5) is 0 Å². The van der Waals surface area contributed by atoms with E-state index in [1.807, 2.05) is 41.8 Å². The average Bonchev–Trinajstić information content (AvgIpc) is 3.43. The summed E-state index contributed by atoms with van der Waals surface area (Å²) < 4.78 is 17.6. The van der Waals surface area contributed by atoms with Crippen molar-refractivity contribution in [2.45, 2.75) is 0 Å². The zero-order valence-corrected chi connectivity index (χ0v) is 18.1. The number of carbonyl (C=O) groups is 1. The van der Waals surface area contributed by atoms with Gasteiger partial charge in [-0.2, -0.15) is 0 Å². The molecule has 0 N–H and O–H groups in total. The lowest BCUT2D eigenvalue weighted by Gasteiger charge is -2.20. The Balaban J connectivity index is 1.66. The van der Waals surface area contributed by atoms with Gasteiger partial charge in [-0.1, -0.05) is 22.0 Å². The molecule has 0 aliphatic carbocycles. The third-order valence-corrected chi connectivity index (χ3v) is 6.06. The maximum atomic E-state index is 12.8. The van der Waals surface area contributed by atoms with Crippen LogP contribution >= 0.6 is 27.3 Å². The van der Waals surface area contributed by atoms with Crippen LogP contribution in [0.1, 0.15) is 16.0 Å². The molecule has 0 unspecified atom stereocenters. The first-order valence-electron chi connectivity index (χ1n) is 9.05. The Labute approximate surface area is 185 Å². The number of benzene rings is 2. The molecule has 0 fully saturated rings. The average molecular weight is 480 g/mol. The van der Waals surface area contributed by atoms with E-state index in [9.17, 15) is 4.79 Å². The third-order valence-electron chi connectivity index (χ3n) is 4.68. The summed E-state index contributed by atoms with van der Waals surface area (Å²) in [4.78, 5) is 18.3. The molecule has 0 bridgehead atoms. The molecule has 0 atom stereocenters. The second-order valence-corrected chi connectivity index (χ2v) is 8.39. The fourth-order valence-corrected chi connectivity index (χ4v) is 4.27. The molecule has 0 amide bonds. The van der Waals surface area contributed by atoms with Crippen molar-refractivity contribution in [2.24, 2.45) is 4.99 Å². The highest BCUT2D eigenvalue weighted by atomic mass is 79.9. The first-order chi connectivity index (χ1) is 14.6. The van der Waals surface area contributed by atoms with Gasteiger partial charge in [0.2, 0.25) is 5.90 Å². The van der Waals surface area contributed by atoms with Gasteiger partial charge in [-0.05, 0) is 60.0 Å².